The Morgan fingerprint density at radius 3 is 2.20 bits per heavy atom. The summed E-state index contributed by atoms with van der Waals surface area (Å²) in [5.74, 6) is 0.241. The Morgan fingerprint density at radius 1 is 0.875 bits per heavy atom. The Bertz CT molecular complexity index is 1260. The second-order valence-corrected chi connectivity index (χ2v) is 10.6. The molecule has 1 aliphatic heterocycles. The van der Waals surface area contributed by atoms with Crippen LogP contribution in [0.1, 0.15) is 49.6 Å². The number of rotatable bonds is 12. The van der Waals surface area contributed by atoms with Gasteiger partial charge in [0.25, 0.3) is 5.91 Å². The molecule has 1 amide bonds. The number of amides is 1. The molecule has 0 N–H and O–H groups in total. The van der Waals surface area contributed by atoms with Gasteiger partial charge in [0.05, 0.1) is 17.8 Å². The lowest BCUT2D eigenvalue weighted by Crippen LogP contribution is -2.41. The van der Waals surface area contributed by atoms with Crippen molar-refractivity contribution < 1.29 is 37.5 Å². The number of hydrogen-bond acceptors (Lipinski definition) is 8. The number of esters is 1. The van der Waals surface area contributed by atoms with Gasteiger partial charge in [0.1, 0.15) is 31.3 Å². The molecule has 1 aromatic heterocycles. The van der Waals surface area contributed by atoms with Crippen molar-refractivity contribution in [2.24, 2.45) is 0 Å². The quantitative estimate of drug-likeness (QED) is 0.247. The number of furan rings is 1. The van der Waals surface area contributed by atoms with E-state index in [0.717, 1.165) is 11.0 Å². The maximum atomic E-state index is 13.1. The SMILES string of the molecule is COCCN(CC(=O)OCc1ccccc1)C(=O)c1ccc(COc2ccc(B3OC(C)(C)C(C)(C)O3)cc2)o1. The zero-order valence-electron chi connectivity index (χ0n) is 23.7. The summed E-state index contributed by atoms with van der Waals surface area (Å²) in [4.78, 5) is 26.9. The first-order valence-electron chi connectivity index (χ1n) is 13.2. The zero-order valence-corrected chi connectivity index (χ0v) is 23.7. The Balaban J connectivity index is 1.31. The maximum absolute atomic E-state index is 13.1. The normalized spacial score (nSPS) is 15.6. The number of carbonyl (C=O) groups excluding carboxylic acids is 2. The minimum atomic E-state index is -0.521. The van der Waals surface area contributed by atoms with E-state index in [1.54, 1.807) is 12.1 Å². The third-order valence-corrected chi connectivity index (χ3v) is 7.07. The van der Waals surface area contributed by atoms with Crippen LogP contribution in [-0.4, -0.2) is 61.9 Å². The number of carbonyl (C=O) groups is 2. The van der Waals surface area contributed by atoms with Crippen LogP contribution < -0.4 is 10.2 Å². The maximum Gasteiger partial charge on any atom is 0.494 e. The van der Waals surface area contributed by atoms with Crippen LogP contribution in [0.3, 0.4) is 0 Å². The van der Waals surface area contributed by atoms with Crippen LogP contribution >= 0.6 is 0 Å². The predicted molar refractivity (Wildman–Crippen MR) is 149 cm³/mol. The van der Waals surface area contributed by atoms with Crippen molar-refractivity contribution in [3.8, 4) is 5.75 Å². The lowest BCUT2D eigenvalue weighted by molar-refractivity contribution is -0.145. The summed E-state index contributed by atoms with van der Waals surface area (Å²) < 4.78 is 34.2. The zero-order chi connectivity index (χ0) is 28.8. The Kier molecular flexibility index (Phi) is 9.34. The monoisotopic (exact) mass is 549 g/mol. The summed E-state index contributed by atoms with van der Waals surface area (Å²) in [6, 6.07) is 20.1. The number of ether oxygens (including phenoxy) is 3. The highest BCUT2D eigenvalue weighted by Crippen LogP contribution is 2.36. The van der Waals surface area contributed by atoms with Crippen LogP contribution in [-0.2, 0) is 36.8 Å². The van der Waals surface area contributed by atoms with Gasteiger partial charge < -0.3 is 32.8 Å². The van der Waals surface area contributed by atoms with Crippen molar-refractivity contribution in [3.63, 3.8) is 0 Å². The highest BCUT2D eigenvalue weighted by Gasteiger charge is 2.51. The fourth-order valence-electron chi connectivity index (χ4n) is 3.97. The van der Waals surface area contributed by atoms with Crippen molar-refractivity contribution in [3.05, 3.63) is 83.8 Å². The molecule has 9 nitrogen and oxygen atoms in total. The van der Waals surface area contributed by atoms with Crippen molar-refractivity contribution in [2.75, 3.05) is 26.8 Å². The van der Waals surface area contributed by atoms with Crippen molar-refractivity contribution in [2.45, 2.75) is 52.1 Å². The van der Waals surface area contributed by atoms with Gasteiger partial charge in [0, 0.05) is 13.7 Å². The van der Waals surface area contributed by atoms with E-state index in [0.29, 0.717) is 11.5 Å². The van der Waals surface area contributed by atoms with Crippen LogP contribution in [0.2, 0.25) is 0 Å². The van der Waals surface area contributed by atoms with Gasteiger partial charge in [0.15, 0.2) is 5.76 Å². The topological polar surface area (TPSA) is 96.7 Å². The summed E-state index contributed by atoms with van der Waals surface area (Å²) in [5.41, 5.74) is 0.936. The van der Waals surface area contributed by atoms with E-state index >= 15 is 0 Å². The smallest absolute Gasteiger partial charge is 0.486 e. The molecule has 1 saturated heterocycles. The first-order chi connectivity index (χ1) is 19.1. The van der Waals surface area contributed by atoms with Gasteiger partial charge in [-0.2, -0.15) is 0 Å². The molecule has 1 fully saturated rings. The van der Waals surface area contributed by atoms with Crippen LogP contribution in [0.15, 0.2) is 71.1 Å². The molecule has 0 aliphatic carbocycles. The van der Waals surface area contributed by atoms with Gasteiger partial charge in [-0.3, -0.25) is 9.59 Å². The molecule has 1 aliphatic rings. The first-order valence-corrected chi connectivity index (χ1v) is 13.2. The predicted octanol–water partition coefficient (Wildman–Crippen LogP) is 3.99. The molecular formula is C30H36BNO8. The molecule has 212 valence electrons. The minimum absolute atomic E-state index is 0.0988. The first kappa shape index (κ1) is 29.4. The van der Waals surface area contributed by atoms with Crippen molar-refractivity contribution in [1.82, 2.24) is 4.90 Å². The third kappa shape index (κ3) is 7.32. The largest absolute Gasteiger partial charge is 0.494 e. The second-order valence-electron chi connectivity index (χ2n) is 10.6. The van der Waals surface area contributed by atoms with Gasteiger partial charge in [-0.15, -0.1) is 0 Å². The van der Waals surface area contributed by atoms with Gasteiger partial charge in [-0.1, -0.05) is 42.5 Å². The van der Waals surface area contributed by atoms with E-state index in [2.05, 4.69) is 0 Å². The van der Waals surface area contributed by atoms with Gasteiger partial charge in [0.2, 0.25) is 0 Å². The van der Waals surface area contributed by atoms with Crippen molar-refractivity contribution >= 4 is 24.5 Å². The molecule has 40 heavy (non-hydrogen) atoms. The number of nitrogens with zero attached hydrogens (tertiary/aromatic N) is 1. The Morgan fingerprint density at radius 2 is 1.55 bits per heavy atom. The molecule has 0 saturated carbocycles. The Labute approximate surface area is 235 Å². The van der Waals surface area contributed by atoms with Gasteiger partial charge >= 0.3 is 13.1 Å². The average Bonchev–Trinajstić information content (AvgIpc) is 3.50. The van der Waals surface area contributed by atoms with Crippen molar-refractivity contribution in [1.29, 1.82) is 0 Å². The highest BCUT2D eigenvalue weighted by atomic mass is 16.7. The fraction of sp³-hybridized carbons (Fsp3) is 0.400. The molecule has 2 heterocycles. The summed E-state index contributed by atoms with van der Waals surface area (Å²) in [6.07, 6.45) is 0. The number of hydrogen-bond donors (Lipinski definition) is 0. The van der Waals surface area contributed by atoms with E-state index in [9.17, 15) is 9.59 Å². The lowest BCUT2D eigenvalue weighted by atomic mass is 9.79. The molecule has 0 bridgehead atoms. The van der Waals surface area contributed by atoms with Crippen LogP contribution in [0.5, 0.6) is 5.75 Å². The molecule has 2 aromatic carbocycles. The van der Waals surface area contributed by atoms with Crippen LogP contribution in [0, 0.1) is 0 Å². The number of methoxy groups -OCH3 is 1. The minimum Gasteiger partial charge on any atom is -0.486 e. The summed E-state index contributed by atoms with van der Waals surface area (Å²) in [7, 11) is 1.08. The summed E-state index contributed by atoms with van der Waals surface area (Å²) in [6.45, 7) is 8.56. The van der Waals surface area contributed by atoms with Gasteiger partial charge in [-0.25, -0.2) is 0 Å². The molecular weight excluding hydrogens is 513 g/mol. The molecule has 0 radical (unpaired) electrons. The molecule has 3 aromatic rings. The van der Waals surface area contributed by atoms with E-state index in [-0.39, 0.29) is 38.7 Å². The Hall–Kier alpha value is -3.60. The molecule has 0 unspecified atom stereocenters. The lowest BCUT2D eigenvalue weighted by Gasteiger charge is -2.32. The second kappa shape index (κ2) is 12.7. The van der Waals surface area contributed by atoms with E-state index in [4.69, 9.17) is 27.9 Å². The number of benzene rings is 2. The average molecular weight is 549 g/mol. The highest BCUT2D eigenvalue weighted by molar-refractivity contribution is 6.62. The van der Waals surface area contributed by atoms with E-state index in [1.165, 1.54) is 12.0 Å². The van der Waals surface area contributed by atoms with Crippen LogP contribution in [0.25, 0.3) is 0 Å². The molecule has 0 spiro atoms. The fourth-order valence-corrected chi connectivity index (χ4v) is 3.97. The molecule has 0 atom stereocenters. The van der Waals surface area contributed by atoms with E-state index in [1.807, 2.05) is 82.3 Å². The van der Waals surface area contributed by atoms with Gasteiger partial charge in [-0.05, 0) is 63.0 Å². The molecule has 10 heteroatoms. The summed E-state index contributed by atoms with van der Waals surface area (Å²) >= 11 is 0. The standard InChI is InChI=1S/C30H36BNO8/c1-29(2)30(3,4)40-31(39-29)23-11-13-24(14-12-23)36-21-25-15-16-26(38-25)28(34)32(17-18-35-5)19-27(33)37-20-22-9-7-6-8-10-22/h6-16H,17-21H2,1-5H3. The van der Waals surface area contributed by atoms with Crippen LogP contribution in [0.4, 0.5) is 0 Å². The summed E-state index contributed by atoms with van der Waals surface area (Å²) in [5, 5.41) is 0. The molecule has 4 rings (SSSR count). The van der Waals surface area contributed by atoms with E-state index < -0.39 is 30.2 Å². The third-order valence-electron chi connectivity index (χ3n) is 7.07.